The van der Waals surface area contributed by atoms with E-state index in [0.717, 1.165) is 16.5 Å². The van der Waals surface area contributed by atoms with Crippen LogP contribution in [-0.4, -0.2) is 82.2 Å². The predicted molar refractivity (Wildman–Crippen MR) is 150 cm³/mol. The number of aliphatic hydroxyl groups is 1. The third-order valence-electron chi connectivity index (χ3n) is 6.17. The molecule has 2 rings (SSSR count). The van der Waals surface area contributed by atoms with E-state index in [0.29, 0.717) is 0 Å². The third kappa shape index (κ3) is 9.85. The number of nitrogens with zero attached hydrogens (tertiary/aromatic N) is 1. The second-order valence-electron chi connectivity index (χ2n) is 9.95. The molecular weight excluding hydrogens is 520 g/mol. The Bertz CT molecular complexity index is 1190. The van der Waals surface area contributed by atoms with Crippen LogP contribution in [0.4, 0.5) is 0 Å². The molecule has 0 saturated carbocycles. The minimum Gasteiger partial charge on any atom is -0.480 e. The largest absolute Gasteiger partial charge is 0.480 e. The summed E-state index contributed by atoms with van der Waals surface area (Å²) in [6.07, 6.45) is 2.63. The molecule has 4 unspecified atom stereocenters. The van der Waals surface area contributed by atoms with Gasteiger partial charge in [0.1, 0.15) is 18.1 Å². The zero-order valence-electron chi connectivity index (χ0n) is 22.7. The summed E-state index contributed by atoms with van der Waals surface area (Å²) < 4.78 is 0. The lowest BCUT2D eigenvalue weighted by Crippen LogP contribution is -2.57. The first-order valence-corrected chi connectivity index (χ1v) is 13.0. The predicted octanol–water partition coefficient (Wildman–Crippen LogP) is -1.33. The number of aliphatic hydroxyl groups excluding tert-OH is 1. The number of carboxylic acid groups (broad SMARTS) is 1. The first-order valence-electron chi connectivity index (χ1n) is 13.0. The highest BCUT2D eigenvalue weighted by Gasteiger charge is 2.30. The standard InChI is InChI=1S/C26H40N8O6/c1-14(2)10-20(33-22(36)17(27)11-15-12-31-18-7-4-3-6-16(15)18)24(38)32-19(8-5-9-30-26(28)29)23(37)34-21(13-35)25(39)40/h3-4,6-7,12,14,17,19-21,31,35H,5,8-11,13,27H2,1-2H3,(H,32,38)(H,33,36)(H,34,37)(H,39,40)(H4,28,29,30). The summed E-state index contributed by atoms with van der Waals surface area (Å²) in [6, 6.07) is 2.92. The Morgan fingerprint density at radius 2 is 1.60 bits per heavy atom. The van der Waals surface area contributed by atoms with Crippen LogP contribution in [-0.2, 0) is 25.6 Å². The van der Waals surface area contributed by atoms with Crippen LogP contribution in [0.15, 0.2) is 35.5 Å². The highest BCUT2D eigenvalue weighted by molar-refractivity contribution is 5.94. The molecule has 1 aromatic heterocycles. The normalized spacial score (nSPS) is 14.1. The van der Waals surface area contributed by atoms with Crippen molar-refractivity contribution in [2.75, 3.05) is 13.2 Å². The Kier molecular flexibility index (Phi) is 12.4. The van der Waals surface area contributed by atoms with Crippen LogP contribution in [0.25, 0.3) is 10.9 Å². The zero-order chi connectivity index (χ0) is 29.8. The van der Waals surface area contributed by atoms with Crippen molar-refractivity contribution >= 4 is 40.6 Å². The summed E-state index contributed by atoms with van der Waals surface area (Å²) in [5.41, 5.74) is 18.6. The van der Waals surface area contributed by atoms with E-state index in [4.69, 9.17) is 17.2 Å². The smallest absolute Gasteiger partial charge is 0.328 e. The minimum atomic E-state index is -1.56. The number of rotatable bonds is 16. The Morgan fingerprint density at radius 1 is 0.975 bits per heavy atom. The molecule has 0 spiro atoms. The monoisotopic (exact) mass is 560 g/mol. The number of hydrogen-bond donors (Lipinski definition) is 9. The molecule has 0 radical (unpaired) electrons. The average molecular weight is 561 g/mol. The van der Waals surface area contributed by atoms with Crippen molar-refractivity contribution in [2.24, 2.45) is 28.1 Å². The molecule has 0 saturated heterocycles. The number of carboxylic acids is 1. The highest BCUT2D eigenvalue weighted by Crippen LogP contribution is 2.19. The zero-order valence-corrected chi connectivity index (χ0v) is 22.7. The molecule has 0 aliphatic carbocycles. The van der Waals surface area contributed by atoms with Crippen LogP contribution < -0.4 is 33.2 Å². The number of aliphatic carboxylic acids is 1. The number of guanidine groups is 1. The molecule has 1 heterocycles. The van der Waals surface area contributed by atoms with Gasteiger partial charge in [0.05, 0.1) is 12.6 Å². The van der Waals surface area contributed by atoms with Gasteiger partial charge in [0, 0.05) is 23.6 Å². The van der Waals surface area contributed by atoms with E-state index < -0.39 is 54.5 Å². The molecule has 0 aliphatic heterocycles. The van der Waals surface area contributed by atoms with E-state index in [1.165, 1.54) is 0 Å². The number of benzene rings is 1. The number of nitrogens with one attached hydrogen (secondary N) is 4. The number of aromatic nitrogens is 1. The van der Waals surface area contributed by atoms with E-state index in [9.17, 15) is 29.4 Å². The SMILES string of the molecule is CC(C)CC(NC(=O)C(N)Cc1c[nH]c2ccccc12)C(=O)NC(CCCN=C(N)N)C(=O)NC(CO)C(=O)O. The molecular formula is C26H40N8O6. The van der Waals surface area contributed by atoms with Crippen molar-refractivity contribution in [2.45, 2.75) is 63.7 Å². The fraction of sp³-hybridized carbons (Fsp3) is 0.500. The van der Waals surface area contributed by atoms with Gasteiger partial charge in [-0.05, 0) is 43.2 Å². The topological polar surface area (TPSA) is 251 Å². The molecule has 40 heavy (non-hydrogen) atoms. The summed E-state index contributed by atoms with van der Waals surface area (Å²) >= 11 is 0. The first-order chi connectivity index (χ1) is 18.9. The van der Waals surface area contributed by atoms with Gasteiger partial charge in [0.2, 0.25) is 17.7 Å². The van der Waals surface area contributed by atoms with E-state index in [1.807, 2.05) is 38.1 Å². The number of nitrogens with two attached hydrogens (primary N) is 3. The van der Waals surface area contributed by atoms with Crippen molar-refractivity contribution in [3.05, 3.63) is 36.0 Å². The number of para-hydroxylation sites is 1. The molecule has 14 nitrogen and oxygen atoms in total. The first kappa shape index (κ1) is 32.0. The number of H-pyrrole nitrogens is 1. The van der Waals surface area contributed by atoms with Crippen LogP contribution in [0.1, 0.15) is 38.7 Å². The number of fused-ring (bicyclic) bond motifs is 1. The van der Waals surface area contributed by atoms with Crippen molar-refractivity contribution in [3.63, 3.8) is 0 Å². The Balaban J connectivity index is 2.14. The summed E-state index contributed by atoms with van der Waals surface area (Å²) in [7, 11) is 0. The number of hydrogen-bond acceptors (Lipinski definition) is 7. The maximum absolute atomic E-state index is 13.3. The molecule has 3 amide bonds. The van der Waals surface area contributed by atoms with Gasteiger partial charge in [-0.3, -0.25) is 19.4 Å². The number of aliphatic imine (C=N–C) groups is 1. The van der Waals surface area contributed by atoms with Crippen LogP contribution in [0, 0.1) is 5.92 Å². The fourth-order valence-electron chi connectivity index (χ4n) is 4.11. The fourth-order valence-corrected chi connectivity index (χ4v) is 4.11. The summed E-state index contributed by atoms with van der Waals surface area (Å²) in [5, 5.41) is 26.9. The summed E-state index contributed by atoms with van der Waals surface area (Å²) in [4.78, 5) is 57.4. The van der Waals surface area contributed by atoms with Gasteiger partial charge in [-0.25, -0.2) is 4.79 Å². The van der Waals surface area contributed by atoms with Gasteiger partial charge in [0.25, 0.3) is 0 Å². The van der Waals surface area contributed by atoms with Gasteiger partial charge in [0.15, 0.2) is 5.96 Å². The third-order valence-corrected chi connectivity index (χ3v) is 6.17. The number of amides is 3. The second kappa shape index (κ2) is 15.4. The van der Waals surface area contributed by atoms with Crippen molar-refractivity contribution < 1.29 is 29.4 Å². The van der Waals surface area contributed by atoms with Gasteiger partial charge in [-0.15, -0.1) is 0 Å². The van der Waals surface area contributed by atoms with Crippen molar-refractivity contribution in [3.8, 4) is 0 Å². The van der Waals surface area contributed by atoms with Crippen LogP contribution in [0.5, 0.6) is 0 Å². The molecule has 2 aromatic rings. The van der Waals surface area contributed by atoms with Gasteiger partial charge in [-0.2, -0.15) is 0 Å². The summed E-state index contributed by atoms with van der Waals surface area (Å²) in [6.45, 7) is 3.07. The van der Waals surface area contributed by atoms with Crippen LogP contribution >= 0.6 is 0 Å². The number of carbonyl (C=O) groups excluding carboxylic acids is 3. The average Bonchev–Trinajstić information content (AvgIpc) is 3.30. The molecule has 0 fully saturated rings. The molecule has 12 N–H and O–H groups in total. The Labute approximate surface area is 232 Å². The number of carbonyl (C=O) groups is 4. The molecule has 4 atom stereocenters. The van der Waals surface area contributed by atoms with Crippen LogP contribution in [0.3, 0.4) is 0 Å². The molecule has 0 aliphatic rings. The van der Waals surface area contributed by atoms with E-state index in [-0.39, 0.29) is 44.1 Å². The second-order valence-corrected chi connectivity index (χ2v) is 9.95. The summed E-state index contributed by atoms with van der Waals surface area (Å²) in [5.74, 6) is -3.56. The molecule has 1 aromatic carbocycles. The molecule has 0 bridgehead atoms. The number of aromatic amines is 1. The quantitative estimate of drug-likeness (QED) is 0.0669. The van der Waals surface area contributed by atoms with Gasteiger partial charge < -0.3 is 48.3 Å². The van der Waals surface area contributed by atoms with Gasteiger partial charge in [-0.1, -0.05) is 32.0 Å². The molecule has 220 valence electrons. The lowest BCUT2D eigenvalue weighted by molar-refractivity contribution is -0.143. The maximum atomic E-state index is 13.3. The van der Waals surface area contributed by atoms with Crippen LogP contribution in [0.2, 0.25) is 0 Å². The Hall–Kier alpha value is -4.17. The Morgan fingerprint density at radius 3 is 2.23 bits per heavy atom. The highest BCUT2D eigenvalue weighted by atomic mass is 16.4. The lowest BCUT2D eigenvalue weighted by Gasteiger charge is -2.26. The van der Waals surface area contributed by atoms with E-state index >= 15 is 0 Å². The van der Waals surface area contributed by atoms with Crippen molar-refractivity contribution in [1.82, 2.24) is 20.9 Å². The van der Waals surface area contributed by atoms with E-state index in [2.05, 4.69) is 25.9 Å². The van der Waals surface area contributed by atoms with Gasteiger partial charge >= 0.3 is 5.97 Å². The minimum absolute atomic E-state index is 0.000754. The molecule has 14 heteroatoms. The van der Waals surface area contributed by atoms with E-state index in [1.54, 1.807) is 6.20 Å². The lowest BCUT2D eigenvalue weighted by atomic mass is 10.0. The maximum Gasteiger partial charge on any atom is 0.328 e. The van der Waals surface area contributed by atoms with Crippen molar-refractivity contribution in [1.29, 1.82) is 0 Å².